The van der Waals surface area contributed by atoms with E-state index in [2.05, 4.69) is 5.43 Å². The van der Waals surface area contributed by atoms with Crippen LogP contribution in [0.1, 0.15) is 22.0 Å². The summed E-state index contributed by atoms with van der Waals surface area (Å²) in [5, 5.41) is 0.702. The van der Waals surface area contributed by atoms with Gasteiger partial charge in [0.25, 0.3) is 0 Å². The van der Waals surface area contributed by atoms with Gasteiger partial charge in [-0.3, -0.25) is 5.84 Å². The highest BCUT2D eigenvalue weighted by atomic mass is 35.5. The molecule has 1 unspecified atom stereocenters. The van der Waals surface area contributed by atoms with Gasteiger partial charge in [0.15, 0.2) is 0 Å². The van der Waals surface area contributed by atoms with Gasteiger partial charge in [0.2, 0.25) is 0 Å². The third-order valence-corrected chi connectivity index (χ3v) is 4.13. The molecule has 2 nitrogen and oxygen atoms in total. The molecular formula is C12H12Cl2N2S. The smallest absolute Gasteiger partial charge is 0.0931 e. The van der Waals surface area contributed by atoms with Crippen molar-refractivity contribution >= 4 is 34.5 Å². The van der Waals surface area contributed by atoms with Gasteiger partial charge in [0.05, 0.1) is 10.4 Å². The molecule has 0 spiro atoms. The number of hydrogen-bond acceptors (Lipinski definition) is 3. The molecule has 90 valence electrons. The van der Waals surface area contributed by atoms with Crippen LogP contribution in [0.5, 0.6) is 0 Å². The molecule has 0 fully saturated rings. The van der Waals surface area contributed by atoms with Crippen molar-refractivity contribution in [1.29, 1.82) is 0 Å². The summed E-state index contributed by atoms with van der Waals surface area (Å²) in [7, 11) is 0. The van der Waals surface area contributed by atoms with E-state index in [-0.39, 0.29) is 6.04 Å². The zero-order chi connectivity index (χ0) is 12.4. The lowest BCUT2D eigenvalue weighted by Crippen LogP contribution is -2.28. The monoisotopic (exact) mass is 286 g/mol. The number of hydrogen-bond donors (Lipinski definition) is 2. The largest absolute Gasteiger partial charge is 0.271 e. The van der Waals surface area contributed by atoms with Gasteiger partial charge >= 0.3 is 0 Å². The lowest BCUT2D eigenvalue weighted by Gasteiger charge is -2.17. The SMILES string of the molecule is Cc1ccc(Cl)cc1C(NN)c1ccc(Cl)s1. The van der Waals surface area contributed by atoms with E-state index in [0.29, 0.717) is 5.02 Å². The van der Waals surface area contributed by atoms with Crippen LogP contribution in [0, 0.1) is 6.92 Å². The molecule has 0 aliphatic rings. The molecule has 0 radical (unpaired) electrons. The maximum atomic E-state index is 6.02. The van der Waals surface area contributed by atoms with Crippen molar-refractivity contribution < 1.29 is 0 Å². The molecule has 3 N–H and O–H groups in total. The number of thiophene rings is 1. The Balaban J connectivity index is 2.45. The Labute approximate surface area is 114 Å². The lowest BCUT2D eigenvalue weighted by molar-refractivity contribution is 0.643. The molecule has 1 atom stereocenters. The second-order valence-corrected chi connectivity index (χ2v) is 5.93. The summed E-state index contributed by atoms with van der Waals surface area (Å²) in [6.07, 6.45) is 0. The average molecular weight is 287 g/mol. The fourth-order valence-electron chi connectivity index (χ4n) is 1.73. The van der Waals surface area contributed by atoms with Gasteiger partial charge in [-0.25, -0.2) is 5.43 Å². The van der Waals surface area contributed by atoms with Crippen LogP contribution in [-0.4, -0.2) is 0 Å². The van der Waals surface area contributed by atoms with E-state index in [9.17, 15) is 0 Å². The Hall–Kier alpha value is -0.580. The lowest BCUT2D eigenvalue weighted by atomic mass is 10.0. The number of halogens is 2. The van der Waals surface area contributed by atoms with Gasteiger partial charge in [0, 0.05) is 9.90 Å². The van der Waals surface area contributed by atoms with Crippen LogP contribution < -0.4 is 11.3 Å². The second kappa shape index (κ2) is 5.38. The third-order valence-electron chi connectivity index (χ3n) is 2.60. The van der Waals surface area contributed by atoms with Crippen molar-refractivity contribution in [3.63, 3.8) is 0 Å². The van der Waals surface area contributed by atoms with E-state index >= 15 is 0 Å². The molecule has 2 aromatic rings. The minimum Gasteiger partial charge on any atom is -0.271 e. The van der Waals surface area contributed by atoms with Crippen molar-refractivity contribution in [1.82, 2.24) is 5.43 Å². The van der Waals surface area contributed by atoms with Crippen molar-refractivity contribution in [2.45, 2.75) is 13.0 Å². The summed E-state index contributed by atoms with van der Waals surface area (Å²) < 4.78 is 0.750. The second-order valence-electron chi connectivity index (χ2n) is 3.74. The highest BCUT2D eigenvalue weighted by Gasteiger charge is 2.16. The van der Waals surface area contributed by atoms with E-state index in [1.807, 2.05) is 37.3 Å². The first-order valence-corrected chi connectivity index (χ1v) is 6.66. The molecule has 1 aromatic carbocycles. The highest BCUT2D eigenvalue weighted by molar-refractivity contribution is 7.16. The van der Waals surface area contributed by atoms with Crippen molar-refractivity contribution in [3.05, 3.63) is 55.7 Å². The van der Waals surface area contributed by atoms with Crippen LogP contribution in [0.3, 0.4) is 0 Å². The fourth-order valence-corrected chi connectivity index (χ4v) is 3.05. The summed E-state index contributed by atoms with van der Waals surface area (Å²) in [5.74, 6) is 5.64. The molecular weight excluding hydrogens is 275 g/mol. The van der Waals surface area contributed by atoms with E-state index < -0.39 is 0 Å². The number of benzene rings is 1. The zero-order valence-corrected chi connectivity index (χ0v) is 11.5. The molecule has 1 heterocycles. The number of hydrazine groups is 1. The van der Waals surface area contributed by atoms with E-state index in [0.717, 1.165) is 20.3 Å². The minimum absolute atomic E-state index is 0.0776. The maximum Gasteiger partial charge on any atom is 0.0931 e. The molecule has 0 saturated heterocycles. The summed E-state index contributed by atoms with van der Waals surface area (Å²) in [6, 6.07) is 9.54. The normalized spacial score (nSPS) is 12.7. The molecule has 1 aromatic heterocycles. The molecule has 2 rings (SSSR count). The van der Waals surface area contributed by atoms with Crippen molar-refractivity contribution in [2.24, 2.45) is 5.84 Å². The molecule has 17 heavy (non-hydrogen) atoms. The van der Waals surface area contributed by atoms with Crippen LogP contribution in [0.25, 0.3) is 0 Å². The predicted octanol–water partition coefficient (Wildman–Crippen LogP) is 3.92. The van der Waals surface area contributed by atoms with Gasteiger partial charge in [-0.05, 0) is 42.3 Å². The molecule has 0 aliphatic carbocycles. The van der Waals surface area contributed by atoms with Gasteiger partial charge in [0.1, 0.15) is 0 Å². The van der Waals surface area contributed by atoms with E-state index in [1.54, 1.807) is 0 Å². The Bertz CT molecular complexity index is 525. The topological polar surface area (TPSA) is 38.0 Å². The number of aryl methyl sites for hydroxylation is 1. The molecule has 0 saturated carbocycles. The van der Waals surface area contributed by atoms with Gasteiger partial charge in [-0.1, -0.05) is 29.3 Å². The standard InChI is InChI=1S/C12H12Cl2N2S/c1-7-2-3-8(13)6-9(7)12(16-15)10-4-5-11(14)17-10/h2-6,12,16H,15H2,1H3. The van der Waals surface area contributed by atoms with Gasteiger partial charge in [-0.15, -0.1) is 11.3 Å². The van der Waals surface area contributed by atoms with Crippen molar-refractivity contribution in [3.8, 4) is 0 Å². The first-order valence-electron chi connectivity index (χ1n) is 5.09. The Morgan fingerprint density at radius 3 is 2.59 bits per heavy atom. The van der Waals surface area contributed by atoms with Gasteiger partial charge < -0.3 is 0 Å². The Morgan fingerprint density at radius 1 is 1.24 bits per heavy atom. The summed E-state index contributed by atoms with van der Waals surface area (Å²) in [4.78, 5) is 1.07. The Morgan fingerprint density at radius 2 is 2.00 bits per heavy atom. The van der Waals surface area contributed by atoms with Crippen molar-refractivity contribution in [2.75, 3.05) is 0 Å². The van der Waals surface area contributed by atoms with Crippen LogP contribution in [0.2, 0.25) is 9.36 Å². The first kappa shape index (κ1) is 12.9. The summed E-state index contributed by atoms with van der Waals surface area (Å²) in [5.41, 5.74) is 5.02. The number of nitrogens with one attached hydrogen (secondary N) is 1. The molecule has 0 aliphatic heterocycles. The van der Waals surface area contributed by atoms with E-state index in [4.69, 9.17) is 29.0 Å². The maximum absolute atomic E-state index is 6.02. The minimum atomic E-state index is -0.0776. The molecule has 5 heteroatoms. The predicted molar refractivity (Wildman–Crippen MR) is 74.7 cm³/mol. The fraction of sp³-hybridized carbons (Fsp3) is 0.167. The average Bonchev–Trinajstić information content (AvgIpc) is 2.71. The summed E-state index contributed by atoms with van der Waals surface area (Å²) in [6.45, 7) is 2.03. The van der Waals surface area contributed by atoms with Crippen LogP contribution >= 0.6 is 34.5 Å². The number of rotatable bonds is 3. The Kier molecular flexibility index (Phi) is 4.07. The van der Waals surface area contributed by atoms with Crippen LogP contribution in [0.15, 0.2) is 30.3 Å². The first-order chi connectivity index (χ1) is 8.11. The number of nitrogens with two attached hydrogens (primary N) is 1. The zero-order valence-electron chi connectivity index (χ0n) is 9.21. The quantitative estimate of drug-likeness (QED) is 0.663. The van der Waals surface area contributed by atoms with Crippen LogP contribution in [0.4, 0.5) is 0 Å². The third kappa shape index (κ3) is 2.81. The van der Waals surface area contributed by atoms with Crippen LogP contribution in [-0.2, 0) is 0 Å². The summed E-state index contributed by atoms with van der Waals surface area (Å²) >= 11 is 13.5. The highest BCUT2D eigenvalue weighted by Crippen LogP contribution is 2.32. The molecule has 0 bridgehead atoms. The molecule has 0 amide bonds. The van der Waals surface area contributed by atoms with Gasteiger partial charge in [-0.2, -0.15) is 0 Å². The van der Waals surface area contributed by atoms with E-state index in [1.165, 1.54) is 11.3 Å².